The predicted octanol–water partition coefficient (Wildman–Crippen LogP) is -0.702. The molecule has 9 heteroatoms. The Labute approximate surface area is 117 Å². The van der Waals surface area contributed by atoms with Crippen molar-refractivity contribution in [2.45, 2.75) is 13.0 Å². The summed E-state index contributed by atoms with van der Waals surface area (Å²) < 4.78 is 10.7. The van der Waals surface area contributed by atoms with Crippen LogP contribution in [0.2, 0.25) is 0 Å². The second-order valence-corrected chi connectivity index (χ2v) is 4.38. The molecule has 0 radical (unpaired) electrons. The standard InChI is InChI=1S/C11H21N7O2/c1-3-18-4-5-20-8(7-18)6-13-9-14-10(17-12)16-11(15-9)19-2/h8H,3-7,12H2,1-2H3,(H2,13,14,15,16,17). The van der Waals surface area contributed by atoms with Gasteiger partial charge in [-0.3, -0.25) is 10.3 Å². The van der Waals surface area contributed by atoms with Crippen molar-refractivity contribution in [2.24, 2.45) is 5.84 Å². The molecule has 0 bridgehead atoms. The summed E-state index contributed by atoms with van der Waals surface area (Å²) in [5.41, 5.74) is 2.37. The zero-order chi connectivity index (χ0) is 14.4. The van der Waals surface area contributed by atoms with E-state index in [0.717, 1.165) is 26.2 Å². The number of morpholine rings is 1. The molecular formula is C11H21N7O2. The summed E-state index contributed by atoms with van der Waals surface area (Å²) in [6.45, 7) is 6.41. The van der Waals surface area contributed by atoms with Gasteiger partial charge in [-0.1, -0.05) is 6.92 Å². The van der Waals surface area contributed by atoms with E-state index in [4.69, 9.17) is 15.3 Å². The summed E-state index contributed by atoms with van der Waals surface area (Å²) in [5, 5.41) is 3.12. The van der Waals surface area contributed by atoms with Crippen molar-refractivity contribution in [3.8, 4) is 6.01 Å². The van der Waals surface area contributed by atoms with Crippen LogP contribution in [0.15, 0.2) is 0 Å². The zero-order valence-corrected chi connectivity index (χ0v) is 11.8. The smallest absolute Gasteiger partial charge is 0.322 e. The van der Waals surface area contributed by atoms with Gasteiger partial charge in [0, 0.05) is 19.6 Å². The molecule has 2 heterocycles. The van der Waals surface area contributed by atoms with Crippen LogP contribution in [0.4, 0.5) is 11.9 Å². The Balaban J connectivity index is 1.92. The van der Waals surface area contributed by atoms with E-state index < -0.39 is 0 Å². The van der Waals surface area contributed by atoms with Gasteiger partial charge in [-0.05, 0) is 6.54 Å². The molecule has 0 amide bonds. The highest BCUT2D eigenvalue weighted by atomic mass is 16.5. The highest BCUT2D eigenvalue weighted by Gasteiger charge is 2.19. The molecule has 112 valence electrons. The fraction of sp³-hybridized carbons (Fsp3) is 0.727. The lowest BCUT2D eigenvalue weighted by Crippen LogP contribution is -2.45. The van der Waals surface area contributed by atoms with Crippen molar-refractivity contribution in [1.82, 2.24) is 19.9 Å². The fourth-order valence-corrected chi connectivity index (χ4v) is 1.99. The van der Waals surface area contributed by atoms with Gasteiger partial charge in [-0.15, -0.1) is 0 Å². The molecule has 1 saturated heterocycles. The van der Waals surface area contributed by atoms with Crippen LogP contribution < -0.4 is 21.3 Å². The van der Waals surface area contributed by atoms with Gasteiger partial charge in [0.1, 0.15) is 0 Å². The summed E-state index contributed by atoms with van der Waals surface area (Å²) in [7, 11) is 1.49. The van der Waals surface area contributed by atoms with Crippen LogP contribution in [-0.4, -0.2) is 65.9 Å². The number of nitrogens with two attached hydrogens (primary N) is 1. The number of hydrogen-bond donors (Lipinski definition) is 3. The Morgan fingerprint density at radius 3 is 2.90 bits per heavy atom. The molecule has 1 unspecified atom stereocenters. The lowest BCUT2D eigenvalue weighted by molar-refractivity contribution is -0.0192. The number of nitrogen functional groups attached to an aromatic ring is 1. The number of likely N-dealkylation sites (N-methyl/N-ethyl adjacent to an activating group) is 1. The van der Waals surface area contributed by atoms with Gasteiger partial charge in [-0.25, -0.2) is 5.84 Å². The van der Waals surface area contributed by atoms with Crippen molar-refractivity contribution < 1.29 is 9.47 Å². The van der Waals surface area contributed by atoms with E-state index in [1.807, 2.05) is 0 Å². The second kappa shape index (κ2) is 7.17. The van der Waals surface area contributed by atoms with Crippen molar-refractivity contribution in [3.05, 3.63) is 0 Å². The van der Waals surface area contributed by atoms with E-state index in [0.29, 0.717) is 12.5 Å². The third-order valence-corrected chi connectivity index (χ3v) is 3.08. The van der Waals surface area contributed by atoms with Crippen molar-refractivity contribution in [2.75, 3.05) is 50.6 Å². The molecule has 1 atom stereocenters. The van der Waals surface area contributed by atoms with Gasteiger partial charge >= 0.3 is 6.01 Å². The fourth-order valence-electron chi connectivity index (χ4n) is 1.99. The molecule has 2 rings (SSSR count). The molecule has 4 N–H and O–H groups in total. The van der Waals surface area contributed by atoms with Gasteiger partial charge in [0.2, 0.25) is 11.9 Å². The van der Waals surface area contributed by atoms with E-state index in [9.17, 15) is 0 Å². The second-order valence-electron chi connectivity index (χ2n) is 4.38. The van der Waals surface area contributed by atoms with Crippen LogP contribution >= 0.6 is 0 Å². The van der Waals surface area contributed by atoms with E-state index in [1.165, 1.54) is 7.11 Å². The first-order valence-electron chi connectivity index (χ1n) is 6.59. The maximum atomic E-state index is 5.70. The third kappa shape index (κ3) is 3.89. The van der Waals surface area contributed by atoms with Gasteiger partial charge < -0.3 is 14.8 Å². The number of nitrogens with zero attached hydrogens (tertiary/aromatic N) is 4. The van der Waals surface area contributed by atoms with Gasteiger partial charge in [0.15, 0.2) is 0 Å². The molecule has 20 heavy (non-hydrogen) atoms. The first kappa shape index (κ1) is 14.7. The highest BCUT2D eigenvalue weighted by molar-refractivity contribution is 5.34. The molecule has 1 aliphatic rings. The van der Waals surface area contributed by atoms with E-state index in [2.05, 4.69) is 37.5 Å². The number of nitrogens with one attached hydrogen (secondary N) is 2. The number of hydrazine groups is 1. The first-order valence-corrected chi connectivity index (χ1v) is 6.59. The van der Waals surface area contributed by atoms with Crippen LogP contribution in [-0.2, 0) is 4.74 Å². The van der Waals surface area contributed by atoms with Crippen LogP contribution in [0.5, 0.6) is 6.01 Å². The van der Waals surface area contributed by atoms with Gasteiger partial charge in [-0.2, -0.15) is 15.0 Å². The quantitative estimate of drug-likeness (QED) is 0.461. The molecule has 1 aromatic rings. The minimum Gasteiger partial charge on any atom is -0.467 e. The highest BCUT2D eigenvalue weighted by Crippen LogP contribution is 2.11. The van der Waals surface area contributed by atoms with E-state index in [-0.39, 0.29) is 18.1 Å². The molecule has 9 nitrogen and oxygen atoms in total. The summed E-state index contributed by atoms with van der Waals surface area (Å²) >= 11 is 0. The number of methoxy groups -OCH3 is 1. The maximum absolute atomic E-state index is 5.70. The Bertz CT molecular complexity index is 409. The minimum atomic E-state index is 0.112. The number of anilines is 2. The lowest BCUT2D eigenvalue weighted by atomic mass is 10.2. The Kier molecular flexibility index (Phi) is 5.27. The average Bonchev–Trinajstić information content (AvgIpc) is 2.52. The molecule has 0 spiro atoms. The summed E-state index contributed by atoms with van der Waals surface area (Å²) in [5.74, 6) is 5.95. The number of ether oxygens (including phenoxy) is 2. The molecule has 1 aromatic heterocycles. The Morgan fingerprint density at radius 2 is 2.20 bits per heavy atom. The van der Waals surface area contributed by atoms with Gasteiger partial charge in [0.05, 0.1) is 19.8 Å². The largest absolute Gasteiger partial charge is 0.467 e. The van der Waals surface area contributed by atoms with Crippen molar-refractivity contribution >= 4 is 11.9 Å². The zero-order valence-electron chi connectivity index (χ0n) is 11.8. The number of rotatable bonds is 6. The van der Waals surface area contributed by atoms with Crippen LogP contribution in [0.1, 0.15) is 6.92 Å². The summed E-state index contributed by atoms with van der Waals surface area (Å²) in [6, 6.07) is 0.204. The lowest BCUT2D eigenvalue weighted by Gasteiger charge is -2.32. The third-order valence-electron chi connectivity index (χ3n) is 3.08. The topological polar surface area (TPSA) is 110 Å². The molecule has 1 aliphatic heterocycles. The molecule has 0 aromatic carbocycles. The van der Waals surface area contributed by atoms with Crippen molar-refractivity contribution in [3.63, 3.8) is 0 Å². The molecule has 0 saturated carbocycles. The minimum absolute atomic E-state index is 0.112. The maximum Gasteiger partial charge on any atom is 0.322 e. The summed E-state index contributed by atoms with van der Waals surface area (Å²) in [6.07, 6.45) is 0.112. The first-order chi connectivity index (χ1) is 9.75. The Hall–Kier alpha value is -1.71. The van der Waals surface area contributed by atoms with Crippen molar-refractivity contribution in [1.29, 1.82) is 0 Å². The normalized spacial score (nSPS) is 19.6. The van der Waals surface area contributed by atoms with Crippen LogP contribution in [0.25, 0.3) is 0 Å². The average molecular weight is 283 g/mol. The molecule has 0 aliphatic carbocycles. The van der Waals surface area contributed by atoms with Gasteiger partial charge in [0.25, 0.3) is 0 Å². The predicted molar refractivity (Wildman–Crippen MR) is 74.5 cm³/mol. The SMILES string of the molecule is CCN1CCOC(CNc2nc(NN)nc(OC)n2)C1. The number of hydrogen-bond acceptors (Lipinski definition) is 9. The monoisotopic (exact) mass is 283 g/mol. The molecule has 1 fully saturated rings. The summed E-state index contributed by atoms with van der Waals surface area (Å²) in [4.78, 5) is 14.5. The number of aromatic nitrogens is 3. The van der Waals surface area contributed by atoms with Crippen LogP contribution in [0.3, 0.4) is 0 Å². The molecular weight excluding hydrogens is 262 g/mol. The van der Waals surface area contributed by atoms with E-state index in [1.54, 1.807) is 0 Å². The Morgan fingerprint density at radius 1 is 1.40 bits per heavy atom. The van der Waals surface area contributed by atoms with Crippen LogP contribution in [0, 0.1) is 0 Å². The van der Waals surface area contributed by atoms with E-state index >= 15 is 0 Å².